The molecular formula is C13H16ClF3N2O2S. The molecule has 0 radical (unpaired) electrons. The van der Waals surface area contributed by atoms with Gasteiger partial charge in [0.15, 0.2) is 17.5 Å². The standard InChI is InChI=1S/C13H15F3N2O2S.ClH/c14-9-2-4-11(13(16)12(9)15)21(19,20)18-5-7-1-3-10(17)8(7)6-18;/h2,4,7-8,10H,1,3,5-6,17H2;1H. The van der Waals surface area contributed by atoms with Gasteiger partial charge < -0.3 is 5.73 Å². The third-order valence-electron chi connectivity index (χ3n) is 4.50. The molecule has 3 unspecified atom stereocenters. The highest BCUT2D eigenvalue weighted by Gasteiger charge is 2.45. The van der Waals surface area contributed by atoms with E-state index in [0.29, 0.717) is 6.07 Å². The van der Waals surface area contributed by atoms with Crippen LogP contribution in [0.1, 0.15) is 12.8 Å². The van der Waals surface area contributed by atoms with Crippen LogP contribution in [0, 0.1) is 29.3 Å². The highest BCUT2D eigenvalue weighted by atomic mass is 35.5. The van der Waals surface area contributed by atoms with E-state index in [0.717, 1.165) is 23.2 Å². The third-order valence-corrected chi connectivity index (χ3v) is 6.35. The molecule has 2 N–H and O–H groups in total. The van der Waals surface area contributed by atoms with Crippen molar-refractivity contribution >= 4 is 22.4 Å². The molecule has 2 aliphatic rings. The smallest absolute Gasteiger partial charge is 0.246 e. The molecule has 1 heterocycles. The molecule has 3 atom stereocenters. The van der Waals surface area contributed by atoms with E-state index in [4.69, 9.17) is 5.73 Å². The molecule has 3 rings (SSSR count). The van der Waals surface area contributed by atoms with E-state index in [1.54, 1.807) is 0 Å². The van der Waals surface area contributed by atoms with Crippen molar-refractivity contribution in [1.29, 1.82) is 0 Å². The lowest BCUT2D eigenvalue weighted by atomic mass is 9.98. The lowest BCUT2D eigenvalue weighted by molar-refractivity contribution is 0.411. The van der Waals surface area contributed by atoms with Crippen molar-refractivity contribution in [3.05, 3.63) is 29.6 Å². The van der Waals surface area contributed by atoms with Gasteiger partial charge in [-0.25, -0.2) is 21.6 Å². The summed E-state index contributed by atoms with van der Waals surface area (Å²) in [5.41, 5.74) is 5.93. The Balaban J connectivity index is 0.00000176. The van der Waals surface area contributed by atoms with Crippen molar-refractivity contribution in [2.45, 2.75) is 23.8 Å². The maximum absolute atomic E-state index is 13.7. The van der Waals surface area contributed by atoms with Gasteiger partial charge >= 0.3 is 0 Å². The maximum atomic E-state index is 13.7. The lowest BCUT2D eigenvalue weighted by Crippen LogP contribution is -2.34. The number of rotatable bonds is 2. The molecule has 1 aromatic rings. The maximum Gasteiger partial charge on any atom is 0.246 e. The van der Waals surface area contributed by atoms with Crippen LogP contribution in [0.4, 0.5) is 13.2 Å². The van der Waals surface area contributed by atoms with E-state index in [9.17, 15) is 21.6 Å². The predicted molar refractivity (Wildman–Crippen MR) is 76.5 cm³/mol. The molecule has 0 bridgehead atoms. The molecule has 22 heavy (non-hydrogen) atoms. The Hall–Kier alpha value is -0.830. The van der Waals surface area contributed by atoms with E-state index < -0.39 is 32.4 Å². The second kappa shape index (κ2) is 5.99. The fourth-order valence-electron chi connectivity index (χ4n) is 3.31. The van der Waals surface area contributed by atoms with Gasteiger partial charge in [-0.3, -0.25) is 0 Å². The van der Waals surface area contributed by atoms with Crippen molar-refractivity contribution in [3.8, 4) is 0 Å². The van der Waals surface area contributed by atoms with Gasteiger partial charge in [0.1, 0.15) is 4.90 Å². The van der Waals surface area contributed by atoms with E-state index in [-0.39, 0.29) is 43.4 Å². The number of sulfonamides is 1. The number of nitrogens with zero attached hydrogens (tertiary/aromatic N) is 1. The topological polar surface area (TPSA) is 63.4 Å². The van der Waals surface area contributed by atoms with Crippen molar-refractivity contribution < 1.29 is 21.6 Å². The summed E-state index contributed by atoms with van der Waals surface area (Å²) in [5.74, 6) is -4.65. The van der Waals surface area contributed by atoms with E-state index in [2.05, 4.69) is 0 Å². The molecule has 0 aromatic heterocycles. The van der Waals surface area contributed by atoms with Gasteiger partial charge in [-0.2, -0.15) is 4.31 Å². The highest BCUT2D eigenvalue weighted by molar-refractivity contribution is 7.89. The number of hydrogen-bond acceptors (Lipinski definition) is 3. The summed E-state index contributed by atoms with van der Waals surface area (Å²) < 4.78 is 65.9. The molecule has 1 saturated carbocycles. The third kappa shape index (κ3) is 2.62. The fraction of sp³-hybridized carbons (Fsp3) is 0.538. The van der Waals surface area contributed by atoms with Crippen molar-refractivity contribution in [1.82, 2.24) is 4.31 Å². The van der Waals surface area contributed by atoms with Crippen LogP contribution in [-0.4, -0.2) is 31.9 Å². The minimum atomic E-state index is -4.18. The van der Waals surface area contributed by atoms with Gasteiger partial charge in [0.2, 0.25) is 10.0 Å². The molecule has 0 spiro atoms. The van der Waals surface area contributed by atoms with Gasteiger partial charge in [-0.05, 0) is 36.8 Å². The van der Waals surface area contributed by atoms with Crippen molar-refractivity contribution in [2.75, 3.05) is 13.1 Å². The van der Waals surface area contributed by atoms with Gasteiger partial charge in [0.05, 0.1) is 0 Å². The average molecular weight is 357 g/mol. The Bertz CT molecular complexity index is 686. The minimum Gasteiger partial charge on any atom is -0.327 e. The summed E-state index contributed by atoms with van der Waals surface area (Å²) in [6, 6.07) is 1.32. The molecule has 0 amide bonds. The Kier molecular flexibility index (Phi) is 4.77. The molecule has 4 nitrogen and oxygen atoms in total. The SMILES string of the molecule is Cl.NC1CCC2CN(S(=O)(=O)c3ccc(F)c(F)c3F)CC12. The van der Waals surface area contributed by atoms with Crippen LogP contribution < -0.4 is 5.73 Å². The predicted octanol–water partition coefficient (Wildman–Crippen LogP) is 1.88. The quantitative estimate of drug-likeness (QED) is 0.823. The first kappa shape index (κ1) is 17.5. The zero-order valence-corrected chi connectivity index (χ0v) is 13.1. The molecule has 1 aliphatic carbocycles. The Morgan fingerprint density at radius 2 is 1.77 bits per heavy atom. The number of hydrogen-bond donors (Lipinski definition) is 1. The summed E-state index contributed by atoms with van der Waals surface area (Å²) in [7, 11) is -4.18. The van der Waals surface area contributed by atoms with Gasteiger partial charge in [0, 0.05) is 19.1 Å². The van der Waals surface area contributed by atoms with Crippen LogP contribution in [0.15, 0.2) is 17.0 Å². The Labute approximate surface area is 132 Å². The highest BCUT2D eigenvalue weighted by Crippen LogP contribution is 2.39. The normalized spacial score (nSPS) is 28.5. The van der Waals surface area contributed by atoms with Crippen molar-refractivity contribution in [2.24, 2.45) is 17.6 Å². The molecule has 124 valence electrons. The van der Waals surface area contributed by atoms with Gasteiger partial charge in [-0.15, -0.1) is 12.4 Å². The molecule has 1 aromatic carbocycles. The summed E-state index contributed by atoms with van der Waals surface area (Å²) in [6.07, 6.45) is 1.68. The molecule has 1 aliphatic heterocycles. The Morgan fingerprint density at radius 3 is 2.41 bits per heavy atom. The first-order chi connectivity index (χ1) is 9.82. The first-order valence-corrected chi connectivity index (χ1v) is 8.15. The summed E-state index contributed by atoms with van der Waals surface area (Å²) >= 11 is 0. The Morgan fingerprint density at radius 1 is 1.09 bits per heavy atom. The number of halogens is 4. The van der Waals surface area contributed by atoms with Crippen LogP contribution in [0.2, 0.25) is 0 Å². The lowest BCUT2D eigenvalue weighted by Gasteiger charge is -2.19. The molecule has 9 heteroatoms. The second-order valence-electron chi connectivity index (χ2n) is 5.66. The zero-order valence-electron chi connectivity index (χ0n) is 11.5. The van der Waals surface area contributed by atoms with Crippen LogP contribution in [0.5, 0.6) is 0 Å². The van der Waals surface area contributed by atoms with Crippen LogP contribution in [-0.2, 0) is 10.0 Å². The molecule has 1 saturated heterocycles. The largest absolute Gasteiger partial charge is 0.327 e. The number of fused-ring (bicyclic) bond motifs is 1. The van der Waals surface area contributed by atoms with Crippen LogP contribution in [0.25, 0.3) is 0 Å². The minimum absolute atomic E-state index is 0. The van der Waals surface area contributed by atoms with E-state index in [1.165, 1.54) is 0 Å². The first-order valence-electron chi connectivity index (χ1n) is 6.71. The van der Waals surface area contributed by atoms with Crippen molar-refractivity contribution in [3.63, 3.8) is 0 Å². The van der Waals surface area contributed by atoms with Gasteiger partial charge in [0.25, 0.3) is 0 Å². The van der Waals surface area contributed by atoms with Gasteiger partial charge in [-0.1, -0.05) is 0 Å². The average Bonchev–Trinajstić information content (AvgIpc) is 2.99. The zero-order chi connectivity index (χ0) is 15.4. The molecule has 2 fully saturated rings. The number of nitrogens with two attached hydrogens (primary N) is 1. The van der Waals surface area contributed by atoms with Crippen LogP contribution in [0.3, 0.4) is 0 Å². The summed E-state index contributed by atoms with van der Waals surface area (Å²) in [5, 5.41) is 0. The summed E-state index contributed by atoms with van der Waals surface area (Å²) in [6.45, 7) is 0.450. The summed E-state index contributed by atoms with van der Waals surface area (Å²) in [4.78, 5) is -0.824. The number of benzene rings is 1. The molecular weight excluding hydrogens is 341 g/mol. The van der Waals surface area contributed by atoms with Crippen LogP contribution >= 0.6 is 12.4 Å². The van der Waals surface area contributed by atoms with E-state index in [1.807, 2.05) is 0 Å². The second-order valence-corrected chi connectivity index (χ2v) is 7.57. The van der Waals surface area contributed by atoms with E-state index >= 15 is 0 Å². The fourth-order valence-corrected chi connectivity index (χ4v) is 4.90. The monoisotopic (exact) mass is 356 g/mol.